The second-order valence-electron chi connectivity index (χ2n) is 3.43. The second kappa shape index (κ2) is 4.76. The largest absolute Gasteiger partial charge is 0.398 e. The first-order valence-electron chi connectivity index (χ1n) is 4.81. The van der Waals surface area contributed by atoms with E-state index in [0.717, 1.165) is 21.2 Å². The van der Waals surface area contributed by atoms with Gasteiger partial charge in [0.1, 0.15) is 5.03 Å². The van der Waals surface area contributed by atoms with E-state index in [4.69, 9.17) is 17.3 Å². The van der Waals surface area contributed by atoms with E-state index in [1.807, 2.05) is 37.3 Å². The van der Waals surface area contributed by atoms with Gasteiger partial charge < -0.3 is 5.73 Å². The van der Waals surface area contributed by atoms with Gasteiger partial charge in [-0.15, -0.1) is 0 Å². The summed E-state index contributed by atoms with van der Waals surface area (Å²) in [5.41, 5.74) is 7.83. The number of nitrogen functional groups attached to an aromatic ring is 1. The molecule has 2 N–H and O–H groups in total. The van der Waals surface area contributed by atoms with E-state index in [1.54, 1.807) is 6.20 Å². The number of anilines is 1. The molecular weight excluding hydrogens is 240 g/mol. The van der Waals surface area contributed by atoms with Crippen molar-refractivity contribution in [3.8, 4) is 0 Å². The normalized spacial score (nSPS) is 10.4. The molecule has 0 atom stereocenters. The molecule has 0 aliphatic rings. The van der Waals surface area contributed by atoms with Crippen molar-refractivity contribution in [2.45, 2.75) is 16.8 Å². The molecule has 0 radical (unpaired) electrons. The minimum absolute atomic E-state index is 0.646. The minimum Gasteiger partial charge on any atom is -0.398 e. The Hall–Kier alpha value is -1.19. The summed E-state index contributed by atoms with van der Waals surface area (Å²) in [7, 11) is 0. The second-order valence-corrected chi connectivity index (χ2v) is 4.87. The van der Waals surface area contributed by atoms with Gasteiger partial charge in [-0.2, -0.15) is 0 Å². The van der Waals surface area contributed by atoms with Gasteiger partial charge in [0, 0.05) is 16.8 Å². The van der Waals surface area contributed by atoms with E-state index < -0.39 is 0 Å². The first-order valence-corrected chi connectivity index (χ1v) is 6.01. The summed E-state index contributed by atoms with van der Waals surface area (Å²) in [5, 5.41) is 1.42. The summed E-state index contributed by atoms with van der Waals surface area (Å²) in [5.74, 6) is 0. The number of nitrogens with zero attached hydrogens (tertiary/aromatic N) is 1. The molecule has 1 heterocycles. The number of aryl methyl sites for hydroxylation is 1. The van der Waals surface area contributed by atoms with Crippen LogP contribution in [0.4, 0.5) is 5.69 Å². The third-order valence-electron chi connectivity index (χ3n) is 2.10. The maximum atomic E-state index is 6.03. The zero-order valence-electron chi connectivity index (χ0n) is 8.77. The quantitative estimate of drug-likeness (QED) is 0.825. The number of rotatable bonds is 2. The molecule has 2 nitrogen and oxygen atoms in total. The van der Waals surface area contributed by atoms with Crippen molar-refractivity contribution in [3.63, 3.8) is 0 Å². The van der Waals surface area contributed by atoms with Gasteiger partial charge in [-0.05, 0) is 36.8 Å². The fourth-order valence-corrected chi connectivity index (χ4v) is 2.35. The van der Waals surface area contributed by atoms with Gasteiger partial charge in [-0.1, -0.05) is 29.4 Å². The van der Waals surface area contributed by atoms with Crippen LogP contribution in [0.15, 0.2) is 46.5 Å². The molecule has 1 aromatic carbocycles. The zero-order chi connectivity index (χ0) is 11.5. The van der Waals surface area contributed by atoms with Crippen molar-refractivity contribution in [1.29, 1.82) is 0 Å². The van der Waals surface area contributed by atoms with Crippen molar-refractivity contribution in [1.82, 2.24) is 4.98 Å². The Bertz CT molecular complexity index is 514. The number of hydrogen-bond acceptors (Lipinski definition) is 3. The molecule has 2 aromatic rings. The lowest BCUT2D eigenvalue weighted by Gasteiger charge is -2.06. The van der Waals surface area contributed by atoms with Gasteiger partial charge >= 0.3 is 0 Å². The number of nitrogens with two attached hydrogens (primary N) is 1. The SMILES string of the molecule is Cc1ccc(Sc2ncccc2Cl)c(N)c1. The van der Waals surface area contributed by atoms with Crippen molar-refractivity contribution in [2.75, 3.05) is 5.73 Å². The number of pyridine rings is 1. The van der Waals surface area contributed by atoms with Crippen LogP contribution in [0.5, 0.6) is 0 Å². The third kappa shape index (κ3) is 2.49. The van der Waals surface area contributed by atoms with E-state index in [0.29, 0.717) is 5.02 Å². The Morgan fingerprint density at radius 3 is 2.81 bits per heavy atom. The number of benzene rings is 1. The number of aromatic nitrogens is 1. The number of halogens is 1. The molecular formula is C12H11ClN2S. The van der Waals surface area contributed by atoms with Crippen LogP contribution in [0.25, 0.3) is 0 Å². The lowest BCUT2D eigenvalue weighted by atomic mass is 10.2. The molecule has 0 aliphatic carbocycles. The standard InChI is InChI=1S/C12H11ClN2S/c1-8-4-5-11(10(14)7-8)16-12-9(13)3-2-6-15-12/h2-7H,14H2,1H3. The minimum atomic E-state index is 0.646. The molecule has 2 rings (SSSR count). The van der Waals surface area contributed by atoms with Gasteiger partial charge in [0.25, 0.3) is 0 Å². The van der Waals surface area contributed by atoms with E-state index in [1.165, 1.54) is 11.8 Å². The molecule has 4 heteroatoms. The molecule has 0 spiro atoms. The van der Waals surface area contributed by atoms with E-state index in [2.05, 4.69) is 4.98 Å². The first kappa shape index (κ1) is 11.3. The van der Waals surface area contributed by atoms with Crippen LogP contribution in [-0.2, 0) is 0 Å². The molecule has 0 fully saturated rings. The Labute approximate surface area is 104 Å². The summed E-state index contributed by atoms with van der Waals surface area (Å²) in [6.45, 7) is 2.01. The molecule has 1 aromatic heterocycles. The molecule has 0 amide bonds. The van der Waals surface area contributed by atoms with E-state index in [9.17, 15) is 0 Å². The zero-order valence-corrected chi connectivity index (χ0v) is 10.3. The predicted molar refractivity (Wildman–Crippen MR) is 69.0 cm³/mol. The van der Waals surface area contributed by atoms with Crippen molar-refractivity contribution >= 4 is 29.1 Å². The van der Waals surface area contributed by atoms with Crippen LogP contribution < -0.4 is 5.73 Å². The summed E-state index contributed by atoms with van der Waals surface area (Å²) in [6.07, 6.45) is 1.72. The Balaban J connectivity index is 2.31. The van der Waals surface area contributed by atoms with Gasteiger partial charge in [0.05, 0.1) is 5.02 Å². The average molecular weight is 251 g/mol. The molecule has 0 bridgehead atoms. The highest BCUT2D eigenvalue weighted by Crippen LogP contribution is 2.34. The Kier molecular flexibility index (Phi) is 3.36. The highest BCUT2D eigenvalue weighted by molar-refractivity contribution is 7.99. The highest BCUT2D eigenvalue weighted by atomic mass is 35.5. The summed E-state index contributed by atoms with van der Waals surface area (Å²) >= 11 is 7.52. The summed E-state index contributed by atoms with van der Waals surface area (Å²) in [6, 6.07) is 9.58. The van der Waals surface area contributed by atoms with Gasteiger partial charge in [0.15, 0.2) is 0 Å². The van der Waals surface area contributed by atoms with Crippen LogP contribution in [-0.4, -0.2) is 4.98 Å². The molecule has 0 unspecified atom stereocenters. The Morgan fingerprint density at radius 2 is 2.12 bits per heavy atom. The van der Waals surface area contributed by atoms with Gasteiger partial charge in [-0.3, -0.25) is 0 Å². The molecule has 82 valence electrons. The van der Waals surface area contributed by atoms with Crippen LogP contribution in [0.1, 0.15) is 5.56 Å². The lowest BCUT2D eigenvalue weighted by Crippen LogP contribution is -1.90. The van der Waals surface area contributed by atoms with Crippen molar-refractivity contribution in [2.24, 2.45) is 0 Å². The predicted octanol–water partition coefficient (Wildman–Crippen LogP) is 3.78. The maximum absolute atomic E-state index is 6.03. The fourth-order valence-electron chi connectivity index (χ4n) is 1.31. The maximum Gasteiger partial charge on any atom is 0.119 e. The van der Waals surface area contributed by atoms with Crippen molar-refractivity contribution < 1.29 is 0 Å². The average Bonchev–Trinajstić information content (AvgIpc) is 2.25. The van der Waals surface area contributed by atoms with Crippen LogP contribution in [0.2, 0.25) is 5.02 Å². The molecule has 0 saturated heterocycles. The van der Waals surface area contributed by atoms with Crippen molar-refractivity contribution in [3.05, 3.63) is 47.1 Å². The molecule has 0 saturated carbocycles. The molecule has 16 heavy (non-hydrogen) atoms. The fraction of sp³-hybridized carbons (Fsp3) is 0.0833. The van der Waals surface area contributed by atoms with Crippen LogP contribution >= 0.6 is 23.4 Å². The van der Waals surface area contributed by atoms with Gasteiger partial charge in [0.2, 0.25) is 0 Å². The summed E-state index contributed by atoms with van der Waals surface area (Å²) < 4.78 is 0. The highest BCUT2D eigenvalue weighted by Gasteiger charge is 2.06. The first-order chi connectivity index (χ1) is 7.66. The smallest absolute Gasteiger partial charge is 0.119 e. The number of hydrogen-bond donors (Lipinski definition) is 1. The lowest BCUT2D eigenvalue weighted by molar-refractivity contribution is 1.13. The monoisotopic (exact) mass is 250 g/mol. The third-order valence-corrected chi connectivity index (χ3v) is 3.62. The summed E-state index contributed by atoms with van der Waals surface area (Å²) in [4.78, 5) is 5.19. The van der Waals surface area contributed by atoms with E-state index >= 15 is 0 Å². The van der Waals surface area contributed by atoms with Crippen LogP contribution in [0, 0.1) is 6.92 Å². The van der Waals surface area contributed by atoms with Gasteiger partial charge in [-0.25, -0.2) is 4.98 Å². The van der Waals surface area contributed by atoms with Crippen LogP contribution in [0.3, 0.4) is 0 Å². The topological polar surface area (TPSA) is 38.9 Å². The van der Waals surface area contributed by atoms with E-state index in [-0.39, 0.29) is 0 Å². The molecule has 0 aliphatic heterocycles. The Morgan fingerprint density at radius 1 is 1.31 bits per heavy atom.